The molecule has 1 fully saturated rings. The first-order valence-electron chi connectivity index (χ1n) is 6.80. The third kappa shape index (κ3) is 2.66. The monoisotopic (exact) mass is 264 g/mol. The Hall–Kier alpha value is -1.36. The molecule has 0 saturated carbocycles. The van der Waals surface area contributed by atoms with Crippen molar-refractivity contribution in [2.75, 3.05) is 24.5 Å². The van der Waals surface area contributed by atoms with Crippen LogP contribution in [0.2, 0.25) is 0 Å². The molecule has 106 valence electrons. The van der Waals surface area contributed by atoms with E-state index in [2.05, 4.69) is 16.8 Å². The van der Waals surface area contributed by atoms with Gasteiger partial charge in [-0.1, -0.05) is 6.92 Å². The quantitative estimate of drug-likeness (QED) is 0.871. The number of nitrogens with two attached hydrogens (primary N) is 1. The van der Waals surface area contributed by atoms with Gasteiger partial charge in [0, 0.05) is 31.0 Å². The van der Waals surface area contributed by atoms with Gasteiger partial charge in [0.1, 0.15) is 0 Å². The second-order valence-electron chi connectivity index (χ2n) is 6.78. The molecule has 2 N–H and O–H groups in total. The second-order valence-corrected chi connectivity index (χ2v) is 6.78. The molecule has 1 aromatic rings. The molecule has 19 heavy (non-hydrogen) atoms. The van der Waals surface area contributed by atoms with Crippen molar-refractivity contribution in [3.63, 3.8) is 0 Å². The third-order valence-corrected chi connectivity index (χ3v) is 3.90. The summed E-state index contributed by atoms with van der Waals surface area (Å²) >= 11 is 0. The van der Waals surface area contributed by atoms with Gasteiger partial charge in [-0.2, -0.15) is 0 Å². The molecule has 0 amide bonds. The van der Waals surface area contributed by atoms with Crippen molar-refractivity contribution in [2.45, 2.75) is 39.7 Å². The lowest BCUT2D eigenvalue weighted by Crippen LogP contribution is -2.39. The molecular formula is C14H24N4O. The van der Waals surface area contributed by atoms with Crippen molar-refractivity contribution < 1.29 is 0 Å². The lowest BCUT2D eigenvalue weighted by atomic mass is 9.90. The molecule has 2 heterocycles. The van der Waals surface area contributed by atoms with E-state index < -0.39 is 0 Å². The van der Waals surface area contributed by atoms with Crippen LogP contribution in [-0.4, -0.2) is 29.2 Å². The van der Waals surface area contributed by atoms with E-state index in [0.29, 0.717) is 12.4 Å². The Morgan fingerprint density at radius 2 is 2.16 bits per heavy atom. The van der Waals surface area contributed by atoms with Crippen molar-refractivity contribution in [1.29, 1.82) is 0 Å². The van der Waals surface area contributed by atoms with Gasteiger partial charge in [-0.05, 0) is 39.2 Å². The Balaban J connectivity index is 2.36. The number of nitrogens with zero attached hydrogens (tertiary/aromatic N) is 3. The lowest BCUT2D eigenvalue weighted by molar-refractivity contribution is 0.378. The zero-order valence-electron chi connectivity index (χ0n) is 12.3. The number of anilines is 1. The molecule has 0 radical (unpaired) electrons. The molecule has 0 spiro atoms. The van der Waals surface area contributed by atoms with Gasteiger partial charge in [-0.3, -0.25) is 4.79 Å². The van der Waals surface area contributed by atoms with Crippen molar-refractivity contribution in [3.8, 4) is 0 Å². The van der Waals surface area contributed by atoms with Gasteiger partial charge in [0.05, 0.1) is 0 Å². The van der Waals surface area contributed by atoms with Crippen molar-refractivity contribution in [1.82, 2.24) is 9.55 Å². The molecule has 0 bridgehead atoms. The molecule has 1 atom stereocenters. The Morgan fingerprint density at radius 1 is 1.47 bits per heavy atom. The fourth-order valence-corrected chi connectivity index (χ4v) is 2.52. The Morgan fingerprint density at radius 3 is 2.68 bits per heavy atom. The molecule has 1 aliphatic heterocycles. The first-order valence-corrected chi connectivity index (χ1v) is 6.80. The maximum atomic E-state index is 12.5. The first-order chi connectivity index (χ1) is 8.77. The molecule has 1 unspecified atom stereocenters. The molecule has 0 aromatic carbocycles. The van der Waals surface area contributed by atoms with Crippen molar-refractivity contribution >= 4 is 5.82 Å². The highest BCUT2D eigenvalue weighted by atomic mass is 16.1. The molecule has 5 nitrogen and oxygen atoms in total. The van der Waals surface area contributed by atoms with Gasteiger partial charge < -0.3 is 15.2 Å². The third-order valence-electron chi connectivity index (χ3n) is 3.90. The zero-order chi connectivity index (χ0) is 14.3. The van der Waals surface area contributed by atoms with Gasteiger partial charge in [0.25, 0.3) is 5.56 Å². The van der Waals surface area contributed by atoms with E-state index in [4.69, 9.17) is 5.73 Å². The van der Waals surface area contributed by atoms with Gasteiger partial charge in [0.15, 0.2) is 5.82 Å². The Labute approximate surface area is 114 Å². The van der Waals surface area contributed by atoms with Crippen LogP contribution in [0.5, 0.6) is 0 Å². The average Bonchev–Trinajstić information content (AvgIpc) is 2.71. The molecule has 5 heteroatoms. The van der Waals surface area contributed by atoms with Gasteiger partial charge in [-0.25, -0.2) is 4.98 Å². The summed E-state index contributed by atoms with van der Waals surface area (Å²) in [6.45, 7) is 10.5. The van der Waals surface area contributed by atoms with E-state index in [1.807, 2.05) is 20.8 Å². The highest BCUT2D eigenvalue weighted by Gasteiger charge is 2.34. The Bertz CT molecular complexity index is 517. The van der Waals surface area contributed by atoms with Crippen LogP contribution in [0, 0.1) is 5.41 Å². The molecule has 2 rings (SSSR count). The van der Waals surface area contributed by atoms with Crippen LogP contribution >= 0.6 is 0 Å². The summed E-state index contributed by atoms with van der Waals surface area (Å²) < 4.78 is 1.74. The minimum Gasteiger partial charge on any atom is -0.351 e. The predicted octanol–water partition coefficient (Wildman–Crippen LogP) is 1.17. The normalized spacial score (nSPS) is 23.9. The molecular weight excluding hydrogens is 240 g/mol. The van der Waals surface area contributed by atoms with Crippen LogP contribution in [0.1, 0.15) is 34.1 Å². The Kier molecular flexibility index (Phi) is 3.43. The fraction of sp³-hybridized carbons (Fsp3) is 0.714. The average molecular weight is 264 g/mol. The summed E-state index contributed by atoms with van der Waals surface area (Å²) in [5.74, 6) is 0.551. The smallest absolute Gasteiger partial charge is 0.293 e. The maximum Gasteiger partial charge on any atom is 0.293 e. The number of hydrogen-bond acceptors (Lipinski definition) is 4. The van der Waals surface area contributed by atoms with E-state index in [0.717, 1.165) is 19.5 Å². The van der Waals surface area contributed by atoms with Crippen LogP contribution in [0.4, 0.5) is 5.82 Å². The van der Waals surface area contributed by atoms with Crippen LogP contribution in [0.15, 0.2) is 17.2 Å². The molecule has 0 aliphatic carbocycles. The second kappa shape index (κ2) is 4.63. The summed E-state index contributed by atoms with van der Waals surface area (Å²) in [7, 11) is 0. The zero-order valence-corrected chi connectivity index (χ0v) is 12.3. The van der Waals surface area contributed by atoms with Gasteiger partial charge >= 0.3 is 0 Å². The SMILES string of the molecule is CC1(CN)CCN(c2nccn(C(C)(C)C)c2=O)C1. The van der Waals surface area contributed by atoms with Crippen LogP contribution < -0.4 is 16.2 Å². The molecule has 1 aromatic heterocycles. The van der Waals surface area contributed by atoms with Crippen LogP contribution in [0.25, 0.3) is 0 Å². The summed E-state index contributed by atoms with van der Waals surface area (Å²) in [6.07, 6.45) is 4.47. The molecule has 1 saturated heterocycles. The minimum absolute atomic E-state index is 0.0173. The number of hydrogen-bond donors (Lipinski definition) is 1. The van der Waals surface area contributed by atoms with Gasteiger partial charge in [0.2, 0.25) is 0 Å². The summed E-state index contributed by atoms with van der Waals surface area (Å²) in [5.41, 5.74) is 5.66. The van der Waals surface area contributed by atoms with E-state index in [-0.39, 0.29) is 16.5 Å². The predicted molar refractivity (Wildman–Crippen MR) is 77.5 cm³/mol. The van der Waals surface area contributed by atoms with E-state index in [9.17, 15) is 4.79 Å². The lowest BCUT2D eigenvalue weighted by Gasteiger charge is -2.26. The fourth-order valence-electron chi connectivity index (χ4n) is 2.52. The first kappa shape index (κ1) is 14.1. The topological polar surface area (TPSA) is 64.2 Å². The van der Waals surface area contributed by atoms with Crippen LogP contribution in [-0.2, 0) is 5.54 Å². The summed E-state index contributed by atoms with van der Waals surface area (Å²) in [4.78, 5) is 18.9. The van der Waals surface area contributed by atoms with E-state index in [1.165, 1.54) is 0 Å². The summed E-state index contributed by atoms with van der Waals surface area (Å²) in [6, 6.07) is 0. The van der Waals surface area contributed by atoms with Crippen molar-refractivity contribution in [3.05, 3.63) is 22.7 Å². The van der Waals surface area contributed by atoms with Crippen molar-refractivity contribution in [2.24, 2.45) is 11.1 Å². The van der Waals surface area contributed by atoms with Crippen LogP contribution in [0.3, 0.4) is 0 Å². The molecule has 1 aliphatic rings. The summed E-state index contributed by atoms with van der Waals surface area (Å²) in [5, 5.41) is 0. The number of aromatic nitrogens is 2. The van der Waals surface area contributed by atoms with E-state index >= 15 is 0 Å². The highest BCUT2D eigenvalue weighted by Crippen LogP contribution is 2.30. The standard InChI is InChI=1S/C14H24N4O/c1-13(2,3)18-8-6-16-11(12(18)19)17-7-5-14(4,9-15)10-17/h6,8H,5,7,9-10,15H2,1-4H3. The number of rotatable bonds is 2. The van der Waals surface area contributed by atoms with E-state index in [1.54, 1.807) is 17.0 Å². The minimum atomic E-state index is -0.230. The largest absolute Gasteiger partial charge is 0.351 e. The highest BCUT2D eigenvalue weighted by molar-refractivity contribution is 5.38. The maximum absolute atomic E-state index is 12.5. The van der Waals surface area contributed by atoms with Gasteiger partial charge in [-0.15, -0.1) is 0 Å².